The Morgan fingerprint density at radius 1 is 0.301 bits per heavy atom. The Bertz CT molecular complexity index is 3140. The molecule has 0 aliphatic rings. The van der Waals surface area contributed by atoms with Gasteiger partial charge in [0.2, 0.25) is 100 Å². The van der Waals surface area contributed by atoms with E-state index in [1.54, 1.807) is 6.20 Å². The lowest BCUT2D eigenvalue weighted by atomic mass is 10.0. The first-order valence-electron chi connectivity index (χ1n) is 29.8. The number of nitrogens with one attached hydrogen (secondary N) is 17. The lowest BCUT2D eigenvalue weighted by Gasteiger charge is -2.24. The van der Waals surface area contributed by atoms with Crippen LogP contribution in [0.15, 0.2) is 30.5 Å². The van der Waals surface area contributed by atoms with Gasteiger partial charge >= 0.3 is 0 Å². The predicted molar refractivity (Wildman–Crippen MR) is 333 cm³/mol. The van der Waals surface area contributed by atoms with Crippen molar-refractivity contribution in [3.8, 4) is 0 Å². The topological polar surface area (TPSA) is 524 Å². The van der Waals surface area contributed by atoms with Crippen molar-refractivity contribution in [2.45, 2.75) is 214 Å². The first kappa shape index (κ1) is 78.8. The first-order chi connectivity index (χ1) is 43.1. The second-order valence-electron chi connectivity index (χ2n) is 22.7. The molecule has 0 unspecified atom stereocenters. The van der Waals surface area contributed by atoms with Crippen molar-refractivity contribution >= 4 is 111 Å². The number of nitrogens with two attached hydrogens (primary N) is 1. The van der Waals surface area contributed by atoms with Gasteiger partial charge in [-0.25, -0.2) is 0 Å². The van der Waals surface area contributed by atoms with Crippen LogP contribution >= 0.6 is 0 Å². The average Bonchev–Trinajstić information content (AvgIpc) is 1.78. The zero-order chi connectivity index (χ0) is 71.0. The van der Waals surface area contributed by atoms with Gasteiger partial charge in [0.15, 0.2) is 0 Å². The number of hydrogen-bond acceptors (Lipinski definition) is 17. The summed E-state index contributed by atoms with van der Waals surface area (Å²) in [6, 6.07) is -11.9. The Kier molecular flexibility index (Phi) is 31.0. The van der Waals surface area contributed by atoms with E-state index in [4.69, 9.17) is 5.73 Å². The van der Waals surface area contributed by atoms with Crippen LogP contribution in [0.3, 0.4) is 0 Å². The summed E-state index contributed by atoms with van der Waals surface area (Å²) in [5.41, 5.74) is 6.71. The molecule has 0 bridgehead atoms. The molecule has 16 atom stereocenters. The van der Waals surface area contributed by atoms with E-state index in [2.05, 4.69) is 90.1 Å². The molecule has 0 fully saturated rings. The van der Waals surface area contributed by atoms with Crippen molar-refractivity contribution in [3.05, 3.63) is 36.0 Å². The van der Waals surface area contributed by atoms with Crippen LogP contribution in [0, 0.1) is 0 Å². The largest absolute Gasteiger partial charge is 0.368 e. The zero-order valence-corrected chi connectivity index (χ0v) is 54.8. The van der Waals surface area contributed by atoms with Crippen molar-refractivity contribution in [3.63, 3.8) is 0 Å². The molecule has 0 saturated heterocycles. The second kappa shape index (κ2) is 36.6. The summed E-state index contributed by atoms with van der Waals surface area (Å²) in [5, 5.41) is 39.4. The van der Waals surface area contributed by atoms with E-state index in [0.717, 1.165) is 16.5 Å². The van der Waals surface area contributed by atoms with Gasteiger partial charge in [-0.05, 0) is 115 Å². The molecule has 19 N–H and O–H groups in total. The molecule has 0 spiro atoms. The van der Waals surface area contributed by atoms with Crippen molar-refractivity contribution in [1.29, 1.82) is 0 Å². The molecule has 0 aliphatic carbocycles. The number of para-hydroxylation sites is 1. The molecule has 1 heterocycles. The van der Waals surface area contributed by atoms with Gasteiger partial charge in [-0.3, -0.25) is 81.5 Å². The maximum Gasteiger partial charge on any atom is 0.243 e. The standard InChI is InChI=1S/C58H90N18O17/c1-23(43(59)78)61-44(79)24(2)62-45(80)25(3)63-46(81)26(4)64-47(82)27(5)65-48(83)28(6)66-49(84)29(7)67-50(85)30(8)68-51(86)31(9)69-52(87)32(10)70-53(88)33(11)71-54(89)34(12)72-55(90)35(13)73-56(91)36(14)74-57(92)37(15)75-58(93)42(76-38(16)77)21-39-22-60-41-20-18-17-19-40(39)41/h17-20,22-37,42,60H,21H2,1-16H3,(H2,59,78)(H,61,79)(H,62,80)(H,63,81)(H,64,82)(H,65,83)(H,66,84)(H,67,85)(H,68,86)(H,69,87)(H,70,88)(H,71,89)(H,72,90)(H,73,91)(H,74,92)(H,75,93)(H,76,77)/t23-,24-,25-,26-,27-,28-,29-,30-,31-,32-,33-,34-,35-,36-,37-,42-/m0/s1. The summed E-state index contributed by atoms with van der Waals surface area (Å²) in [6.07, 6.45) is 1.83. The van der Waals surface area contributed by atoms with Gasteiger partial charge < -0.3 is 95.8 Å². The number of amides is 17. The molecule has 93 heavy (non-hydrogen) atoms. The minimum atomic E-state index is -1.28. The summed E-state index contributed by atoms with van der Waals surface area (Å²) in [6.45, 7) is 20.9. The third-order valence-corrected chi connectivity index (χ3v) is 14.1. The molecule has 35 heteroatoms. The van der Waals surface area contributed by atoms with Gasteiger partial charge in [-0.2, -0.15) is 0 Å². The van der Waals surface area contributed by atoms with Crippen LogP contribution in [-0.2, 0) is 87.9 Å². The van der Waals surface area contributed by atoms with Gasteiger partial charge in [0.05, 0.1) is 0 Å². The van der Waals surface area contributed by atoms with Crippen molar-refractivity contribution < 1.29 is 81.5 Å². The van der Waals surface area contributed by atoms with Crippen LogP contribution in [0.2, 0.25) is 0 Å². The van der Waals surface area contributed by atoms with E-state index in [9.17, 15) is 81.5 Å². The number of hydrogen-bond donors (Lipinski definition) is 18. The van der Waals surface area contributed by atoms with E-state index in [1.807, 2.05) is 24.3 Å². The molecule has 0 aliphatic heterocycles. The molecule has 17 amide bonds. The molecule has 1 aromatic carbocycles. The number of carbonyl (C=O) groups excluding carboxylic acids is 17. The van der Waals surface area contributed by atoms with Crippen LogP contribution < -0.4 is 90.8 Å². The molecular formula is C58H90N18O17. The minimum absolute atomic E-state index is 0.109. The highest BCUT2D eigenvalue weighted by molar-refractivity contribution is 6.00. The van der Waals surface area contributed by atoms with Crippen molar-refractivity contribution in [2.24, 2.45) is 5.73 Å². The van der Waals surface area contributed by atoms with Gasteiger partial charge in [-0.15, -0.1) is 0 Å². The molecule has 2 aromatic rings. The third-order valence-electron chi connectivity index (χ3n) is 14.1. The number of fused-ring (bicyclic) bond motifs is 1. The maximum absolute atomic E-state index is 13.3. The van der Waals surface area contributed by atoms with Gasteiger partial charge in [0.1, 0.15) is 96.7 Å². The fourth-order valence-electron chi connectivity index (χ4n) is 8.02. The Morgan fingerprint density at radius 3 is 0.699 bits per heavy atom. The Labute approximate surface area is 536 Å². The Balaban J connectivity index is 1.77. The molecule has 35 nitrogen and oxygen atoms in total. The molecule has 1 aromatic heterocycles. The van der Waals surface area contributed by atoms with Crippen LogP contribution in [0.4, 0.5) is 0 Å². The second-order valence-corrected chi connectivity index (χ2v) is 22.7. The number of benzene rings is 1. The summed E-state index contributed by atoms with van der Waals surface area (Å²) >= 11 is 0. The smallest absolute Gasteiger partial charge is 0.243 e. The number of aromatic amines is 1. The normalized spacial score (nSPS) is 16.1. The Hall–Kier alpha value is -10.2. The fourth-order valence-corrected chi connectivity index (χ4v) is 8.02. The highest BCUT2D eigenvalue weighted by Crippen LogP contribution is 2.19. The van der Waals surface area contributed by atoms with E-state index in [-0.39, 0.29) is 6.42 Å². The van der Waals surface area contributed by atoms with Crippen LogP contribution in [0.1, 0.15) is 116 Å². The Morgan fingerprint density at radius 2 is 0.495 bits per heavy atom. The SMILES string of the molecule is CC(=O)N[C@@H](Cc1c[nH]c2ccccc12)C(=O)N[C@@H](C)C(=O)N[C@@H](C)C(=O)N[C@@H](C)C(=O)N[C@@H](C)C(=O)N[C@@H](C)C(=O)N[C@@H](C)C(=O)N[C@@H](C)C(=O)N[C@@H](C)C(=O)N[C@@H](C)C(=O)N[C@@H](C)C(=O)N[C@@H](C)C(=O)N[C@@H](C)C(=O)N[C@@H](C)C(=O)N[C@@H](C)C(=O)N[C@@H](C)C(N)=O. The van der Waals surface area contributed by atoms with Crippen molar-refractivity contribution in [1.82, 2.24) is 90.1 Å². The average molecular weight is 1310 g/mol. The summed E-state index contributed by atoms with van der Waals surface area (Å²) < 4.78 is 0. The van der Waals surface area contributed by atoms with Crippen LogP contribution in [0.5, 0.6) is 0 Å². The lowest BCUT2D eigenvalue weighted by Crippen LogP contribution is -2.59. The number of primary amides is 1. The van der Waals surface area contributed by atoms with E-state index in [0.29, 0.717) is 0 Å². The summed E-state index contributed by atoms with van der Waals surface area (Å²) in [7, 11) is 0. The van der Waals surface area contributed by atoms with Gasteiger partial charge in [0, 0.05) is 30.4 Å². The highest BCUT2D eigenvalue weighted by Gasteiger charge is 2.33. The maximum atomic E-state index is 13.3. The van der Waals surface area contributed by atoms with E-state index >= 15 is 0 Å². The zero-order valence-electron chi connectivity index (χ0n) is 54.8. The van der Waals surface area contributed by atoms with E-state index < -0.39 is 197 Å². The molecular weight excluding hydrogens is 1220 g/mol. The van der Waals surface area contributed by atoms with Gasteiger partial charge in [0.25, 0.3) is 0 Å². The lowest BCUT2D eigenvalue weighted by molar-refractivity contribution is -0.135. The first-order valence-corrected chi connectivity index (χ1v) is 29.8. The third kappa shape index (κ3) is 25.9. The molecule has 514 valence electrons. The fraction of sp³-hybridized carbons (Fsp3) is 0.569. The number of carbonyl (C=O) groups is 17. The van der Waals surface area contributed by atoms with Gasteiger partial charge in [-0.1, -0.05) is 18.2 Å². The highest BCUT2D eigenvalue weighted by atomic mass is 16.2. The van der Waals surface area contributed by atoms with E-state index in [1.165, 1.54) is 111 Å². The molecule has 0 radical (unpaired) electrons. The summed E-state index contributed by atoms with van der Waals surface area (Å²) in [5.74, 6) is -13.3. The minimum Gasteiger partial charge on any atom is -0.368 e. The number of aromatic nitrogens is 1. The predicted octanol–water partition coefficient (Wildman–Crippen LogP) is -6.73. The molecule has 0 saturated carbocycles. The molecule has 2 rings (SSSR count). The summed E-state index contributed by atoms with van der Waals surface area (Å²) in [4.78, 5) is 220. The quantitative estimate of drug-likeness (QED) is 0.0310. The monoisotopic (exact) mass is 1310 g/mol. The van der Waals surface area contributed by atoms with Crippen molar-refractivity contribution in [2.75, 3.05) is 0 Å². The number of rotatable bonds is 34. The van der Waals surface area contributed by atoms with Crippen LogP contribution in [0.25, 0.3) is 10.9 Å². The van der Waals surface area contributed by atoms with Crippen LogP contribution in [-0.4, -0.2) is 202 Å². The number of H-pyrrole nitrogens is 1.